The second-order valence-electron chi connectivity index (χ2n) is 3.00. The minimum absolute atomic E-state index is 0.702. The van der Waals surface area contributed by atoms with Crippen molar-refractivity contribution in [2.75, 3.05) is 0 Å². The summed E-state index contributed by atoms with van der Waals surface area (Å²) in [5.74, 6) is 0. The Morgan fingerprint density at radius 2 is 1.93 bits per heavy atom. The fourth-order valence-electron chi connectivity index (χ4n) is 1.10. The van der Waals surface area contributed by atoms with Crippen molar-refractivity contribution < 1.29 is 0 Å². The molecule has 0 unspecified atom stereocenters. The second kappa shape index (κ2) is 5.77. The standard InChI is InChI=1S/C13H13N/c1-2-3-4-5-6-12-7-9-13(11-14)10-8-12/h2,5-10H,1,3-4H2/b6-5+. The molecule has 0 heterocycles. The molecule has 14 heavy (non-hydrogen) atoms. The molecule has 1 heteroatoms. The summed E-state index contributed by atoms with van der Waals surface area (Å²) in [5, 5.41) is 8.60. The zero-order valence-electron chi connectivity index (χ0n) is 8.11. The van der Waals surface area contributed by atoms with Crippen LogP contribution in [0.5, 0.6) is 0 Å². The van der Waals surface area contributed by atoms with E-state index in [0.717, 1.165) is 18.4 Å². The Bertz CT molecular complexity index is 352. The van der Waals surface area contributed by atoms with E-state index in [1.807, 2.05) is 30.3 Å². The van der Waals surface area contributed by atoms with Crippen LogP contribution in [-0.2, 0) is 0 Å². The molecule has 0 radical (unpaired) electrons. The fraction of sp³-hybridized carbons (Fsp3) is 0.154. The third-order valence-corrected chi connectivity index (χ3v) is 1.89. The van der Waals surface area contributed by atoms with E-state index in [0.29, 0.717) is 5.56 Å². The first-order chi connectivity index (χ1) is 6.86. The molecule has 0 aliphatic carbocycles. The second-order valence-corrected chi connectivity index (χ2v) is 3.00. The van der Waals surface area contributed by atoms with E-state index >= 15 is 0 Å². The van der Waals surface area contributed by atoms with Crippen molar-refractivity contribution in [1.29, 1.82) is 5.26 Å². The van der Waals surface area contributed by atoms with E-state index < -0.39 is 0 Å². The number of nitriles is 1. The molecular formula is C13H13N. The Labute approximate surface area is 85.0 Å². The summed E-state index contributed by atoms with van der Waals surface area (Å²) in [6, 6.07) is 9.64. The summed E-state index contributed by atoms with van der Waals surface area (Å²) >= 11 is 0. The molecule has 0 atom stereocenters. The first-order valence-electron chi connectivity index (χ1n) is 4.64. The van der Waals surface area contributed by atoms with Gasteiger partial charge in [0, 0.05) is 0 Å². The predicted molar refractivity (Wildman–Crippen MR) is 59.6 cm³/mol. The lowest BCUT2D eigenvalue weighted by Crippen LogP contribution is -1.74. The van der Waals surface area contributed by atoms with E-state index in [1.165, 1.54) is 0 Å². The lowest BCUT2D eigenvalue weighted by Gasteiger charge is -1.92. The Morgan fingerprint density at radius 3 is 2.50 bits per heavy atom. The molecule has 0 spiro atoms. The van der Waals surface area contributed by atoms with Crippen LogP contribution in [0.1, 0.15) is 24.0 Å². The Balaban J connectivity index is 2.56. The van der Waals surface area contributed by atoms with Gasteiger partial charge >= 0.3 is 0 Å². The molecule has 0 amide bonds. The van der Waals surface area contributed by atoms with Crippen LogP contribution in [0.3, 0.4) is 0 Å². The van der Waals surface area contributed by atoms with Crippen molar-refractivity contribution in [1.82, 2.24) is 0 Å². The lowest BCUT2D eigenvalue weighted by molar-refractivity contribution is 1.06. The van der Waals surface area contributed by atoms with Crippen LogP contribution in [0.25, 0.3) is 6.08 Å². The van der Waals surface area contributed by atoms with Crippen LogP contribution < -0.4 is 0 Å². The van der Waals surface area contributed by atoms with Gasteiger partial charge in [0.05, 0.1) is 11.6 Å². The maximum absolute atomic E-state index is 8.60. The molecule has 0 fully saturated rings. The summed E-state index contributed by atoms with van der Waals surface area (Å²) in [6.07, 6.45) is 8.10. The minimum Gasteiger partial charge on any atom is -0.192 e. The number of hydrogen-bond donors (Lipinski definition) is 0. The number of benzene rings is 1. The largest absolute Gasteiger partial charge is 0.192 e. The Morgan fingerprint density at radius 1 is 1.21 bits per heavy atom. The minimum atomic E-state index is 0.702. The number of allylic oxidation sites excluding steroid dienone is 2. The molecule has 0 aromatic heterocycles. The molecule has 0 N–H and O–H groups in total. The summed E-state index contributed by atoms with van der Waals surface area (Å²) in [5.41, 5.74) is 1.83. The molecule has 0 saturated carbocycles. The highest BCUT2D eigenvalue weighted by Crippen LogP contribution is 2.06. The average Bonchev–Trinajstić information content (AvgIpc) is 2.25. The van der Waals surface area contributed by atoms with Gasteiger partial charge in [0.1, 0.15) is 0 Å². The first-order valence-corrected chi connectivity index (χ1v) is 4.64. The van der Waals surface area contributed by atoms with E-state index in [9.17, 15) is 0 Å². The van der Waals surface area contributed by atoms with Gasteiger partial charge in [0.15, 0.2) is 0 Å². The first kappa shape index (κ1) is 10.3. The number of nitrogens with zero attached hydrogens (tertiary/aromatic N) is 1. The summed E-state index contributed by atoms with van der Waals surface area (Å²) in [7, 11) is 0. The highest BCUT2D eigenvalue weighted by atomic mass is 14.2. The topological polar surface area (TPSA) is 23.8 Å². The van der Waals surface area contributed by atoms with Crippen LogP contribution >= 0.6 is 0 Å². The molecule has 1 aromatic rings. The molecule has 1 aromatic carbocycles. The molecule has 0 aliphatic heterocycles. The van der Waals surface area contributed by atoms with Crippen molar-refractivity contribution in [3.63, 3.8) is 0 Å². The zero-order valence-corrected chi connectivity index (χ0v) is 8.11. The maximum atomic E-state index is 8.60. The molecular weight excluding hydrogens is 170 g/mol. The van der Waals surface area contributed by atoms with E-state index in [2.05, 4.69) is 24.8 Å². The fourth-order valence-corrected chi connectivity index (χ4v) is 1.10. The quantitative estimate of drug-likeness (QED) is 0.517. The molecule has 1 nitrogen and oxygen atoms in total. The number of unbranched alkanes of at least 4 members (excludes halogenated alkanes) is 1. The van der Waals surface area contributed by atoms with Crippen molar-refractivity contribution in [3.8, 4) is 6.07 Å². The normalized spacial score (nSPS) is 9.93. The van der Waals surface area contributed by atoms with Crippen molar-refractivity contribution in [3.05, 3.63) is 54.1 Å². The van der Waals surface area contributed by atoms with Gasteiger partial charge in [-0.25, -0.2) is 0 Å². The van der Waals surface area contributed by atoms with Gasteiger partial charge < -0.3 is 0 Å². The summed E-state index contributed by atoms with van der Waals surface area (Å²) < 4.78 is 0. The SMILES string of the molecule is C=CCC/C=C/c1ccc(C#N)cc1. The van der Waals surface area contributed by atoms with Gasteiger partial charge in [-0.3, -0.25) is 0 Å². The average molecular weight is 183 g/mol. The van der Waals surface area contributed by atoms with Gasteiger partial charge in [0.2, 0.25) is 0 Å². The molecule has 70 valence electrons. The zero-order chi connectivity index (χ0) is 10.2. The molecule has 0 aliphatic rings. The highest BCUT2D eigenvalue weighted by molar-refractivity contribution is 5.50. The third kappa shape index (κ3) is 3.28. The highest BCUT2D eigenvalue weighted by Gasteiger charge is 1.88. The van der Waals surface area contributed by atoms with E-state index in [-0.39, 0.29) is 0 Å². The molecule has 1 rings (SSSR count). The van der Waals surface area contributed by atoms with Gasteiger partial charge in [0.25, 0.3) is 0 Å². The van der Waals surface area contributed by atoms with Crippen LogP contribution in [0, 0.1) is 11.3 Å². The van der Waals surface area contributed by atoms with Crippen LogP contribution in [0.4, 0.5) is 0 Å². The maximum Gasteiger partial charge on any atom is 0.0991 e. The predicted octanol–water partition coefficient (Wildman–Crippen LogP) is 3.54. The van der Waals surface area contributed by atoms with Gasteiger partial charge in [-0.15, -0.1) is 6.58 Å². The summed E-state index contributed by atoms with van der Waals surface area (Å²) in [6.45, 7) is 3.66. The summed E-state index contributed by atoms with van der Waals surface area (Å²) in [4.78, 5) is 0. The monoisotopic (exact) mass is 183 g/mol. The van der Waals surface area contributed by atoms with Crippen molar-refractivity contribution in [2.45, 2.75) is 12.8 Å². The molecule has 0 saturated heterocycles. The van der Waals surface area contributed by atoms with Crippen LogP contribution in [0.2, 0.25) is 0 Å². The Hall–Kier alpha value is -1.81. The smallest absolute Gasteiger partial charge is 0.0991 e. The van der Waals surface area contributed by atoms with Gasteiger partial charge in [-0.2, -0.15) is 5.26 Å². The Kier molecular flexibility index (Phi) is 4.23. The lowest BCUT2D eigenvalue weighted by atomic mass is 10.1. The van der Waals surface area contributed by atoms with Crippen molar-refractivity contribution in [2.24, 2.45) is 0 Å². The molecule has 0 bridgehead atoms. The van der Waals surface area contributed by atoms with E-state index in [4.69, 9.17) is 5.26 Å². The van der Waals surface area contributed by atoms with Crippen LogP contribution in [0.15, 0.2) is 43.0 Å². The van der Waals surface area contributed by atoms with Crippen LogP contribution in [-0.4, -0.2) is 0 Å². The third-order valence-electron chi connectivity index (χ3n) is 1.89. The van der Waals surface area contributed by atoms with Gasteiger partial charge in [-0.05, 0) is 30.5 Å². The van der Waals surface area contributed by atoms with E-state index in [1.54, 1.807) is 0 Å². The van der Waals surface area contributed by atoms with Crippen molar-refractivity contribution >= 4 is 6.08 Å². The number of hydrogen-bond acceptors (Lipinski definition) is 1. The number of rotatable bonds is 4. The van der Waals surface area contributed by atoms with Gasteiger partial charge in [-0.1, -0.05) is 30.4 Å².